The first-order chi connectivity index (χ1) is 42.2. The quantitative estimate of drug-likeness (QED) is 0.167. The number of aryl methyl sites for hydroxylation is 4. The summed E-state index contributed by atoms with van der Waals surface area (Å²) in [6.07, 6.45) is 0. The van der Waals surface area contributed by atoms with E-state index in [1.807, 2.05) is 23.5 Å². The zero-order valence-electron chi connectivity index (χ0n) is 51.3. The summed E-state index contributed by atoms with van der Waals surface area (Å²) in [5.74, 6) is 1.01. The van der Waals surface area contributed by atoms with Gasteiger partial charge in [-0.1, -0.05) is 238 Å². The zero-order valence-corrected chi connectivity index (χ0v) is 52.9. The van der Waals surface area contributed by atoms with Crippen molar-refractivity contribution in [3.05, 3.63) is 302 Å². The van der Waals surface area contributed by atoms with E-state index >= 15 is 0 Å². The molecule has 0 amide bonds. The summed E-state index contributed by atoms with van der Waals surface area (Å²) in [5.41, 5.74) is 32.1. The molecule has 6 heteroatoms. The van der Waals surface area contributed by atoms with Gasteiger partial charge in [0.2, 0.25) is 6.71 Å². The molecule has 424 valence electrons. The van der Waals surface area contributed by atoms with Crippen molar-refractivity contribution in [3.63, 3.8) is 0 Å². The molecule has 2 spiro atoms. The zero-order chi connectivity index (χ0) is 59.4. The Bertz CT molecular complexity index is 4210. The molecule has 0 bridgehead atoms. The Morgan fingerprint density at radius 1 is 0.345 bits per heavy atom. The lowest BCUT2D eigenvalue weighted by molar-refractivity contribution is 0.690. The van der Waals surface area contributed by atoms with Gasteiger partial charge in [0.1, 0.15) is 0 Å². The smallest absolute Gasteiger partial charge is 0.247 e. The number of nitrogens with one attached hydrogen (secondary N) is 1. The van der Waals surface area contributed by atoms with Crippen LogP contribution in [0.1, 0.15) is 143 Å². The van der Waals surface area contributed by atoms with Crippen molar-refractivity contribution in [2.45, 2.75) is 117 Å². The molecule has 1 N–H and O–H groups in total. The molecule has 87 heavy (non-hydrogen) atoms. The van der Waals surface area contributed by atoms with Gasteiger partial charge in [0.05, 0.1) is 33.6 Å². The number of anilines is 8. The second-order valence-electron chi connectivity index (χ2n) is 26.1. The molecule has 5 heterocycles. The first-order valence-corrected chi connectivity index (χ1v) is 32.9. The Labute approximate surface area is 523 Å². The van der Waals surface area contributed by atoms with E-state index in [1.54, 1.807) is 0 Å². The molecule has 11 aromatic rings. The highest BCUT2D eigenvalue weighted by Gasteiger charge is 2.53. The van der Waals surface area contributed by atoms with Crippen LogP contribution in [0, 0.1) is 27.7 Å². The molecular formula is C81H70BN3S2. The highest BCUT2D eigenvalue weighted by molar-refractivity contribution is 7.99. The molecule has 0 atom stereocenters. The number of rotatable bonds is 6. The Balaban J connectivity index is 0.930. The van der Waals surface area contributed by atoms with Crippen LogP contribution in [0.15, 0.2) is 238 Å². The molecule has 0 unspecified atom stereocenters. The van der Waals surface area contributed by atoms with E-state index in [9.17, 15) is 0 Å². The maximum Gasteiger partial charge on any atom is 0.247 e. The van der Waals surface area contributed by atoms with E-state index in [0.29, 0.717) is 17.8 Å². The second-order valence-corrected chi connectivity index (χ2v) is 28.3. The maximum absolute atomic E-state index is 4.27. The largest absolute Gasteiger partial charge is 0.356 e. The predicted octanol–water partition coefficient (Wildman–Crippen LogP) is 20.1. The van der Waals surface area contributed by atoms with E-state index < -0.39 is 10.8 Å². The average Bonchev–Trinajstić information content (AvgIpc) is 0.696. The van der Waals surface area contributed by atoms with Gasteiger partial charge in [-0.3, -0.25) is 0 Å². The summed E-state index contributed by atoms with van der Waals surface area (Å²) < 4.78 is 0. The predicted molar refractivity (Wildman–Crippen MR) is 370 cm³/mol. The van der Waals surface area contributed by atoms with Gasteiger partial charge >= 0.3 is 0 Å². The minimum absolute atomic E-state index is 0.0418. The Hall–Kier alpha value is -8.42. The monoisotopic (exact) mass is 1160 g/mol. The number of hydrogen-bond acceptors (Lipinski definition) is 5. The van der Waals surface area contributed by atoms with Gasteiger partial charge < -0.3 is 15.1 Å². The summed E-state index contributed by atoms with van der Waals surface area (Å²) >= 11 is 3.80. The summed E-state index contributed by atoms with van der Waals surface area (Å²) in [5, 5.41) is 4.27. The minimum atomic E-state index is -0.543. The van der Waals surface area contributed by atoms with Crippen LogP contribution in [0.4, 0.5) is 45.5 Å². The molecule has 0 aromatic heterocycles. The van der Waals surface area contributed by atoms with Crippen molar-refractivity contribution in [1.29, 1.82) is 0 Å². The first-order valence-electron chi connectivity index (χ1n) is 31.2. The fourth-order valence-electron chi connectivity index (χ4n) is 15.9. The van der Waals surface area contributed by atoms with Gasteiger partial charge in [-0.2, -0.15) is 0 Å². The van der Waals surface area contributed by atoms with Gasteiger partial charge in [-0.15, -0.1) is 0 Å². The summed E-state index contributed by atoms with van der Waals surface area (Å²) in [6, 6.07) is 85.2. The van der Waals surface area contributed by atoms with Crippen LogP contribution >= 0.6 is 23.5 Å². The van der Waals surface area contributed by atoms with Crippen molar-refractivity contribution >= 4 is 92.1 Å². The molecule has 3 nitrogen and oxygen atoms in total. The first kappa shape index (κ1) is 54.0. The van der Waals surface area contributed by atoms with Gasteiger partial charge in [-0.05, 0) is 190 Å². The third-order valence-corrected chi connectivity index (χ3v) is 22.0. The molecule has 16 rings (SSSR count). The standard InChI is InChI=1S/C81H70BN3S2/c1-47(2)54-43-57(48(3)4)79(58(44-54)49(5)6)82-67-33-31-55(84-71-35-27-50(7)39-63(71)80(64-40-51(8)28-36-72(64)84)59-19-11-15-23-75(59)86-76-24-16-12-20-60(76)80)45-69(67)83-70-46-56(32-34-68(70)82)85-73-37-29-52(9)41-65(73)81(66-42-53(10)30-38-74(66)85)61-21-13-17-25-77(61)87-78-26-18-14-22-62(78)81/h11-49,83H,1-10H3. The average molecular weight is 1160 g/mol. The Morgan fingerprint density at radius 2 is 0.667 bits per heavy atom. The fourth-order valence-corrected chi connectivity index (χ4v) is 18.3. The van der Waals surface area contributed by atoms with E-state index in [0.717, 1.165) is 22.7 Å². The van der Waals surface area contributed by atoms with E-state index in [2.05, 4.69) is 303 Å². The van der Waals surface area contributed by atoms with Crippen LogP contribution in [0.5, 0.6) is 0 Å². The minimum Gasteiger partial charge on any atom is -0.356 e. The molecular weight excluding hydrogens is 1090 g/mol. The molecule has 0 saturated heterocycles. The van der Waals surface area contributed by atoms with Crippen LogP contribution in [0.25, 0.3) is 0 Å². The third-order valence-electron chi connectivity index (χ3n) is 19.7. The van der Waals surface area contributed by atoms with E-state index in [4.69, 9.17) is 0 Å². The molecule has 11 aromatic carbocycles. The third kappa shape index (κ3) is 7.85. The van der Waals surface area contributed by atoms with Crippen LogP contribution in [0.3, 0.4) is 0 Å². The van der Waals surface area contributed by atoms with Gasteiger partial charge in [0.25, 0.3) is 0 Å². The number of fused-ring (bicyclic) bond motifs is 18. The van der Waals surface area contributed by atoms with Crippen molar-refractivity contribution in [2.75, 3.05) is 15.1 Å². The van der Waals surface area contributed by atoms with Gasteiger partial charge in [-0.25, -0.2) is 0 Å². The van der Waals surface area contributed by atoms with E-state index in [-0.39, 0.29) is 6.71 Å². The van der Waals surface area contributed by atoms with Crippen LogP contribution < -0.4 is 31.5 Å². The number of nitrogens with zero attached hydrogens (tertiary/aromatic N) is 2. The highest BCUT2D eigenvalue weighted by atomic mass is 32.2. The van der Waals surface area contributed by atoms with Gasteiger partial charge in [0, 0.05) is 42.3 Å². The Kier molecular flexibility index (Phi) is 12.5. The van der Waals surface area contributed by atoms with E-state index in [1.165, 1.54) is 142 Å². The maximum atomic E-state index is 4.27. The molecule has 0 saturated carbocycles. The van der Waals surface area contributed by atoms with Crippen molar-refractivity contribution in [2.24, 2.45) is 0 Å². The summed E-state index contributed by atoms with van der Waals surface area (Å²) in [6.45, 7) is 23.3. The molecule has 5 aliphatic rings. The Morgan fingerprint density at radius 3 is 0.977 bits per heavy atom. The van der Waals surface area contributed by atoms with Crippen LogP contribution in [-0.4, -0.2) is 6.71 Å². The normalized spacial score (nSPS) is 15.0. The van der Waals surface area contributed by atoms with Crippen LogP contribution in [-0.2, 0) is 10.8 Å². The topological polar surface area (TPSA) is 18.5 Å². The number of hydrogen-bond donors (Lipinski definition) is 1. The van der Waals surface area contributed by atoms with Gasteiger partial charge in [0.15, 0.2) is 0 Å². The molecule has 0 radical (unpaired) electrons. The highest BCUT2D eigenvalue weighted by Crippen LogP contribution is 2.65. The van der Waals surface area contributed by atoms with Crippen molar-refractivity contribution in [3.8, 4) is 0 Å². The lowest BCUT2D eigenvalue weighted by atomic mass is 9.33. The molecule has 0 aliphatic carbocycles. The molecule has 5 aliphatic heterocycles. The van der Waals surface area contributed by atoms with Crippen LogP contribution in [0.2, 0.25) is 0 Å². The lowest BCUT2D eigenvalue weighted by Gasteiger charge is -2.49. The fraction of sp³-hybridized carbons (Fsp3) is 0.185. The number of benzene rings is 11. The second kappa shape index (κ2) is 20.1. The van der Waals surface area contributed by atoms with Crippen molar-refractivity contribution < 1.29 is 0 Å². The molecule has 0 fully saturated rings. The summed E-state index contributed by atoms with van der Waals surface area (Å²) in [7, 11) is 0. The lowest BCUT2D eigenvalue weighted by Crippen LogP contribution is -2.58. The SMILES string of the molecule is Cc1ccc2c(c1)C1(c3ccccc3Sc3ccccc31)c1cc(C)ccc1N2c1ccc2c(c1)Nc1cc(N3c4ccc(C)cc4C4(c5ccccc5Sc5ccccc54)c4cc(C)ccc43)ccc1B2c1c(C(C)C)cc(C(C)C)cc1C(C)C. The van der Waals surface area contributed by atoms with Crippen molar-refractivity contribution in [1.82, 2.24) is 0 Å². The summed E-state index contributed by atoms with van der Waals surface area (Å²) in [4.78, 5) is 10.4.